The Morgan fingerprint density at radius 2 is 1.61 bits per heavy atom. The zero-order chi connectivity index (χ0) is 23.8. The van der Waals surface area contributed by atoms with Crippen LogP contribution in [-0.2, 0) is 24.0 Å². The van der Waals surface area contributed by atoms with E-state index < -0.39 is 54.3 Å². The van der Waals surface area contributed by atoms with Crippen LogP contribution in [0, 0.1) is 0 Å². The molecule has 0 rings (SSSR count). The summed E-state index contributed by atoms with van der Waals surface area (Å²) in [7, 11) is 0. The summed E-state index contributed by atoms with van der Waals surface area (Å²) in [6.45, 7) is -0.0638. The van der Waals surface area contributed by atoms with E-state index in [0.29, 0.717) is 25.1 Å². The highest BCUT2D eigenvalue weighted by Crippen LogP contribution is 2.04. The van der Waals surface area contributed by atoms with Gasteiger partial charge in [-0.2, -0.15) is 11.8 Å². The lowest BCUT2D eigenvalue weighted by Gasteiger charge is -2.21. The average Bonchev–Trinajstić information content (AvgIpc) is 2.72. The molecular formula is C18H33N5O7S. The molecule has 9 N–H and O–H groups in total. The molecule has 0 aliphatic carbocycles. The zero-order valence-corrected chi connectivity index (χ0v) is 18.4. The number of carbonyl (C=O) groups excluding carboxylic acids is 3. The van der Waals surface area contributed by atoms with Gasteiger partial charge in [-0.05, 0) is 50.7 Å². The molecule has 0 fully saturated rings. The summed E-state index contributed by atoms with van der Waals surface area (Å²) in [5, 5.41) is 25.0. The Labute approximate surface area is 185 Å². The molecule has 0 saturated heterocycles. The topological polar surface area (TPSA) is 214 Å². The molecule has 12 nitrogen and oxygen atoms in total. The van der Waals surface area contributed by atoms with Crippen LogP contribution >= 0.6 is 11.8 Å². The minimum Gasteiger partial charge on any atom is -0.481 e. The smallest absolute Gasteiger partial charge is 0.326 e. The number of nitrogens with one attached hydrogen (secondary N) is 3. The molecule has 0 aliphatic heterocycles. The Morgan fingerprint density at radius 3 is 2.16 bits per heavy atom. The van der Waals surface area contributed by atoms with Gasteiger partial charge in [0, 0.05) is 6.42 Å². The molecule has 0 spiro atoms. The van der Waals surface area contributed by atoms with Crippen LogP contribution in [0.25, 0.3) is 0 Å². The Morgan fingerprint density at radius 1 is 0.935 bits per heavy atom. The van der Waals surface area contributed by atoms with Crippen molar-refractivity contribution in [3.05, 3.63) is 0 Å². The number of hydrogen-bond acceptors (Lipinski definition) is 8. The summed E-state index contributed by atoms with van der Waals surface area (Å²) in [4.78, 5) is 58.5. The van der Waals surface area contributed by atoms with Gasteiger partial charge in [0.1, 0.15) is 12.1 Å². The van der Waals surface area contributed by atoms with Crippen molar-refractivity contribution < 1.29 is 34.2 Å². The van der Waals surface area contributed by atoms with E-state index in [1.807, 2.05) is 6.26 Å². The van der Waals surface area contributed by atoms with Crippen molar-refractivity contribution in [2.45, 2.75) is 56.7 Å². The van der Waals surface area contributed by atoms with Crippen molar-refractivity contribution >= 4 is 41.4 Å². The van der Waals surface area contributed by atoms with Gasteiger partial charge in [0.25, 0.3) is 0 Å². The molecule has 0 saturated carbocycles. The van der Waals surface area contributed by atoms with E-state index in [4.69, 9.17) is 21.7 Å². The fourth-order valence-corrected chi connectivity index (χ4v) is 2.95. The number of aliphatic carboxylic acids is 2. The molecule has 3 amide bonds. The average molecular weight is 464 g/mol. The number of hydrogen-bond donors (Lipinski definition) is 7. The SMILES string of the molecule is CSCCC(NC(=O)CNC(=O)C(CCCCN)NC(=O)C(N)CCC(=O)O)C(=O)O. The summed E-state index contributed by atoms with van der Waals surface area (Å²) < 4.78 is 0. The molecule has 178 valence electrons. The molecule has 0 aromatic carbocycles. The predicted octanol–water partition coefficient (Wildman–Crippen LogP) is -1.77. The third-order valence-corrected chi connectivity index (χ3v) is 4.90. The van der Waals surface area contributed by atoms with Crippen LogP contribution in [0.3, 0.4) is 0 Å². The van der Waals surface area contributed by atoms with E-state index in [1.54, 1.807) is 0 Å². The molecule has 31 heavy (non-hydrogen) atoms. The number of unbranched alkanes of at least 4 members (excludes halogenated alkanes) is 1. The number of carboxylic acids is 2. The van der Waals surface area contributed by atoms with Crippen molar-refractivity contribution in [3.63, 3.8) is 0 Å². The number of rotatable bonds is 17. The van der Waals surface area contributed by atoms with Crippen LogP contribution in [0.2, 0.25) is 0 Å². The van der Waals surface area contributed by atoms with Gasteiger partial charge in [-0.15, -0.1) is 0 Å². The van der Waals surface area contributed by atoms with Gasteiger partial charge in [0.05, 0.1) is 12.6 Å². The van der Waals surface area contributed by atoms with Crippen LogP contribution in [0.5, 0.6) is 0 Å². The Hall–Kier alpha value is -2.38. The maximum atomic E-state index is 12.5. The van der Waals surface area contributed by atoms with Gasteiger partial charge in [-0.1, -0.05) is 0 Å². The zero-order valence-electron chi connectivity index (χ0n) is 17.6. The molecule has 0 heterocycles. The number of carbonyl (C=O) groups is 5. The van der Waals surface area contributed by atoms with Gasteiger partial charge in [-0.3, -0.25) is 19.2 Å². The molecule has 0 bridgehead atoms. The molecule has 0 radical (unpaired) electrons. The monoisotopic (exact) mass is 463 g/mol. The van der Waals surface area contributed by atoms with Gasteiger partial charge < -0.3 is 37.6 Å². The van der Waals surface area contributed by atoms with E-state index in [1.165, 1.54) is 11.8 Å². The second kappa shape index (κ2) is 16.3. The van der Waals surface area contributed by atoms with E-state index in [0.717, 1.165) is 0 Å². The second-order valence-corrected chi connectivity index (χ2v) is 7.83. The molecule has 0 aromatic heterocycles. The van der Waals surface area contributed by atoms with Crippen molar-refractivity contribution in [3.8, 4) is 0 Å². The maximum Gasteiger partial charge on any atom is 0.326 e. The summed E-state index contributed by atoms with van der Waals surface area (Å²) in [5.74, 6) is -3.71. The van der Waals surface area contributed by atoms with Crippen LogP contribution < -0.4 is 27.4 Å². The Kier molecular flexibility index (Phi) is 15.1. The number of carboxylic acid groups (broad SMARTS) is 2. The third kappa shape index (κ3) is 13.5. The quantitative estimate of drug-likeness (QED) is 0.120. The van der Waals surface area contributed by atoms with E-state index in [2.05, 4.69) is 16.0 Å². The lowest BCUT2D eigenvalue weighted by molar-refractivity contribution is -0.142. The third-order valence-electron chi connectivity index (χ3n) is 4.25. The van der Waals surface area contributed by atoms with Gasteiger partial charge in [0.2, 0.25) is 17.7 Å². The highest BCUT2D eigenvalue weighted by molar-refractivity contribution is 7.98. The first-order chi connectivity index (χ1) is 14.6. The van der Waals surface area contributed by atoms with E-state index >= 15 is 0 Å². The van der Waals surface area contributed by atoms with Gasteiger partial charge in [-0.25, -0.2) is 4.79 Å². The van der Waals surface area contributed by atoms with E-state index in [9.17, 15) is 24.0 Å². The van der Waals surface area contributed by atoms with Crippen LogP contribution in [0.4, 0.5) is 0 Å². The first-order valence-corrected chi connectivity index (χ1v) is 11.3. The maximum absolute atomic E-state index is 12.5. The fraction of sp³-hybridized carbons (Fsp3) is 0.722. The van der Waals surface area contributed by atoms with Crippen molar-refractivity contribution in [1.29, 1.82) is 0 Å². The fourth-order valence-electron chi connectivity index (χ4n) is 2.48. The highest BCUT2D eigenvalue weighted by atomic mass is 32.2. The van der Waals surface area contributed by atoms with Gasteiger partial charge >= 0.3 is 11.9 Å². The van der Waals surface area contributed by atoms with Crippen LogP contribution in [-0.4, -0.2) is 83.1 Å². The molecule has 0 aromatic rings. The largest absolute Gasteiger partial charge is 0.481 e. The van der Waals surface area contributed by atoms with Gasteiger partial charge in [0.15, 0.2) is 0 Å². The van der Waals surface area contributed by atoms with Crippen LogP contribution in [0.15, 0.2) is 0 Å². The first kappa shape index (κ1) is 28.6. The van der Waals surface area contributed by atoms with Crippen LogP contribution in [0.1, 0.15) is 38.5 Å². The summed E-state index contributed by atoms with van der Waals surface area (Å²) in [6.07, 6.45) is 3.05. The molecule has 3 atom stereocenters. The molecular weight excluding hydrogens is 430 g/mol. The summed E-state index contributed by atoms with van der Waals surface area (Å²) in [5.41, 5.74) is 11.1. The lowest BCUT2D eigenvalue weighted by atomic mass is 10.1. The predicted molar refractivity (Wildman–Crippen MR) is 115 cm³/mol. The first-order valence-electron chi connectivity index (χ1n) is 9.89. The van der Waals surface area contributed by atoms with Crippen molar-refractivity contribution in [2.24, 2.45) is 11.5 Å². The molecule has 0 aliphatic rings. The molecule has 13 heteroatoms. The second-order valence-electron chi connectivity index (χ2n) is 6.84. The minimum atomic E-state index is -1.17. The number of amides is 3. The summed E-state index contributed by atoms with van der Waals surface area (Å²) in [6, 6.07) is -3.16. The normalized spacial score (nSPS) is 13.5. The van der Waals surface area contributed by atoms with Crippen molar-refractivity contribution in [1.82, 2.24) is 16.0 Å². The Balaban J connectivity index is 4.81. The van der Waals surface area contributed by atoms with Crippen molar-refractivity contribution in [2.75, 3.05) is 25.1 Å². The minimum absolute atomic E-state index is 0.0899. The lowest BCUT2D eigenvalue weighted by Crippen LogP contribution is -2.53. The standard InChI is InChI=1S/C18H33N5O7S/c1-31-9-7-13(18(29)30)22-14(24)10-21-17(28)12(4-2-3-8-19)23-16(27)11(20)5-6-15(25)26/h11-13H,2-10,19-20H2,1H3,(H,21,28)(H,22,24)(H,23,27)(H,25,26)(H,29,30). The number of nitrogens with two attached hydrogens (primary N) is 2. The number of thioether (sulfide) groups is 1. The van der Waals surface area contributed by atoms with E-state index in [-0.39, 0.29) is 25.7 Å². The summed E-state index contributed by atoms with van der Waals surface area (Å²) >= 11 is 1.44. The highest BCUT2D eigenvalue weighted by Gasteiger charge is 2.25. The Bertz CT molecular complexity index is 620. The molecule has 3 unspecified atom stereocenters.